The number of benzene rings is 2. The summed E-state index contributed by atoms with van der Waals surface area (Å²) >= 11 is 6.78. The molecule has 0 aliphatic rings. The van der Waals surface area contributed by atoms with Crippen LogP contribution in [0.2, 0.25) is 0 Å². The van der Waals surface area contributed by atoms with E-state index in [2.05, 4.69) is 42.6 Å². The third-order valence-electron chi connectivity index (χ3n) is 2.51. The lowest BCUT2D eigenvalue weighted by Gasteiger charge is -2.10. The SMILES string of the molecule is NNc1cc(Nc2ccc(Br)cc2Br)cc([N+](=O)[O-])c1. The predicted octanol–water partition coefficient (Wildman–Crippen LogP) is 4.15. The van der Waals surface area contributed by atoms with E-state index in [4.69, 9.17) is 5.84 Å². The second-order valence-electron chi connectivity index (χ2n) is 3.92. The minimum atomic E-state index is -0.470. The van der Waals surface area contributed by atoms with Crippen LogP contribution in [0, 0.1) is 10.1 Å². The van der Waals surface area contributed by atoms with Crippen molar-refractivity contribution >= 4 is 54.6 Å². The topological polar surface area (TPSA) is 93.2 Å². The number of nitrogen functional groups attached to an aromatic ring is 1. The van der Waals surface area contributed by atoms with Gasteiger partial charge in [-0.1, -0.05) is 15.9 Å². The van der Waals surface area contributed by atoms with E-state index in [1.165, 1.54) is 12.1 Å². The fourth-order valence-electron chi connectivity index (χ4n) is 1.62. The summed E-state index contributed by atoms with van der Waals surface area (Å²) in [4.78, 5) is 10.4. The number of nitro groups is 1. The van der Waals surface area contributed by atoms with Crippen LogP contribution < -0.4 is 16.6 Å². The first-order valence-electron chi connectivity index (χ1n) is 5.48. The number of rotatable bonds is 4. The van der Waals surface area contributed by atoms with E-state index in [-0.39, 0.29) is 5.69 Å². The maximum atomic E-state index is 10.9. The van der Waals surface area contributed by atoms with Crippen LogP contribution in [0.4, 0.5) is 22.7 Å². The average molecular weight is 402 g/mol. The highest BCUT2D eigenvalue weighted by Gasteiger charge is 2.10. The van der Waals surface area contributed by atoms with Crippen molar-refractivity contribution < 1.29 is 4.92 Å². The first-order valence-corrected chi connectivity index (χ1v) is 7.06. The van der Waals surface area contributed by atoms with Crippen LogP contribution in [0.15, 0.2) is 45.3 Å². The van der Waals surface area contributed by atoms with Gasteiger partial charge in [0.25, 0.3) is 5.69 Å². The zero-order valence-electron chi connectivity index (χ0n) is 10.1. The Bertz CT molecular complexity index is 664. The number of nitro benzene ring substituents is 1. The molecule has 0 amide bonds. The Morgan fingerprint density at radius 3 is 2.40 bits per heavy atom. The van der Waals surface area contributed by atoms with Crippen LogP contribution in [0.5, 0.6) is 0 Å². The molecule has 104 valence electrons. The van der Waals surface area contributed by atoms with Gasteiger partial charge < -0.3 is 10.7 Å². The fraction of sp³-hybridized carbons (Fsp3) is 0. The molecule has 20 heavy (non-hydrogen) atoms. The summed E-state index contributed by atoms with van der Waals surface area (Å²) in [6, 6.07) is 10.1. The van der Waals surface area contributed by atoms with Crippen LogP contribution in [0.3, 0.4) is 0 Å². The lowest BCUT2D eigenvalue weighted by Crippen LogP contribution is -2.07. The minimum Gasteiger partial charge on any atom is -0.354 e. The van der Waals surface area contributed by atoms with Gasteiger partial charge in [0.05, 0.1) is 16.3 Å². The van der Waals surface area contributed by atoms with E-state index >= 15 is 0 Å². The van der Waals surface area contributed by atoms with E-state index in [1.807, 2.05) is 18.2 Å². The third kappa shape index (κ3) is 3.47. The smallest absolute Gasteiger partial charge is 0.273 e. The Kier molecular flexibility index (Phi) is 4.58. The van der Waals surface area contributed by atoms with Crippen LogP contribution in [0.25, 0.3) is 0 Å². The van der Waals surface area contributed by atoms with Crippen molar-refractivity contribution in [3.05, 3.63) is 55.5 Å². The number of hydrogen-bond donors (Lipinski definition) is 3. The van der Waals surface area contributed by atoms with Crippen LogP contribution in [0.1, 0.15) is 0 Å². The molecule has 2 aromatic rings. The van der Waals surface area contributed by atoms with Crippen molar-refractivity contribution in [2.75, 3.05) is 10.7 Å². The zero-order valence-corrected chi connectivity index (χ0v) is 13.2. The predicted molar refractivity (Wildman–Crippen MR) is 86.0 cm³/mol. The van der Waals surface area contributed by atoms with E-state index in [0.29, 0.717) is 11.4 Å². The van der Waals surface area contributed by atoms with Crippen LogP contribution in [-0.4, -0.2) is 4.92 Å². The second-order valence-corrected chi connectivity index (χ2v) is 5.69. The molecule has 0 spiro atoms. The molecule has 4 N–H and O–H groups in total. The molecule has 0 saturated heterocycles. The molecule has 0 atom stereocenters. The minimum absolute atomic E-state index is 0.0452. The van der Waals surface area contributed by atoms with Gasteiger partial charge in [0.1, 0.15) is 0 Å². The van der Waals surface area contributed by atoms with Gasteiger partial charge in [0, 0.05) is 26.8 Å². The maximum absolute atomic E-state index is 10.9. The first kappa shape index (κ1) is 14.8. The standard InChI is InChI=1S/C12H10Br2N4O2/c13-7-1-2-12(11(14)3-7)16-8-4-9(17-15)6-10(5-8)18(19)20/h1-6,16-17H,15H2. The molecule has 0 heterocycles. The highest BCUT2D eigenvalue weighted by atomic mass is 79.9. The lowest BCUT2D eigenvalue weighted by atomic mass is 10.2. The van der Waals surface area contributed by atoms with Crippen molar-refractivity contribution in [3.63, 3.8) is 0 Å². The van der Waals surface area contributed by atoms with E-state index < -0.39 is 4.92 Å². The summed E-state index contributed by atoms with van der Waals surface area (Å²) in [7, 11) is 0. The third-order valence-corrected chi connectivity index (χ3v) is 3.65. The summed E-state index contributed by atoms with van der Waals surface area (Å²) in [6.07, 6.45) is 0. The molecule has 0 aromatic heterocycles. The monoisotopic (exact) mass is 400 g/mol. The van der Waals surface area contributed by atoms with Crippen LogP contribution >= 0.6 is 31.9 Å². The molecule has 0 aliphatic carbocycles. The average Bonchev–Trinajstić information content (AvgIpc) is 2.41. The van der Waals surface area contributed by atoms with E-state index in [0.717, 1.165) is 14.6 Å². The van der Waals surface area contributed by atoms with E-state index in [9.17, 15) is 10.1 Å². The van der Waals surface area contributed by atoms with Crippen molar-refractivity contribution in [2.45, 2.75) is 0 Å². The van der Waals surface area contributed by atoms with Crippen molar-refractivity contribution in [1.82, 2.24) is 0 Å². The summed E-state index contributed by atoms with van der Waals surface area (Å²) in [5.41, 5.74) is 4.17. The molecule has 2 rings (SSSR count). The summed E-state index contributed by atoms with van der Waals surface area (Å²) in [5.74, 6) is 5.32. The highest BCUT2D eigenvalue weighted by Crippen LogP contribution is 2.31. The number of hydrogen-bond acceptors (Lipinski definition) is 5. The Balaban J connectivity index is 2.37. The molecular formula is C12H10Br2N4O2. The van der Waals surface area contributed by atoms with Gasteiger partial charge in [-0.2, -0.15) is 0 Å². The molecule has 0 unspecified atom stereocenters. The molecule has 0 fully saturated rings. The molecule has 0 aliphatic heterocycles. The molecule has 0 radical (unpaired) electrons. The quantitative estimate of drug-likeness (QED) is 0.406. The number of nitrogens with one attached hydrogen (secondary N) is 2. The fourth-order valence-corrected chi connectivity index (χ4v) is 2.76. The van der Waals surface area contributed by atoms with E-state index in [1.54, 1.807) is 6.07 Å². The molecule has 2 aromatic carbocycles. The summed E-state index contributed by atoms with van der Waals surface area (Å²) in [5, 5.41) is 14.0. The molecule has 8 heteroatoms. The van der Waals surface area contributed by atoms with Gasteiger partial charge in [0.2, 0.25) is 0 Å². The van der Waals surface area contributed by atoms with Gasteiger partial charge in [0.15, 0.2) is 0 Å². The number of anilines is 3. The van der Waals surface area contributed by atoms with Gasteiger partial charge >= 0.3 is 0 Å². The maximum Gasteiger partial charge on any atom is 0.273 e. The van der Waals surface area contributed by atoms with Gasteiger partial charge in [-0.05, 0) is 40.2 Å². The number of non-ortho nitro benzene ring substituents is 1. The molecular weight excluding hydrogens is 392 g/mol. The Hall–Kier alpha value is -1.64. The number of nitrogens with two attached hydrogens (primary N) is 1. The Morgan fingerprint density at radius 1 is 1.10 bits per heavy atom. The number of hydrazine groups is 1. The van der Waals surface area contributed by atoms with Crippen molar-refractivity contribution in [2.24, 2.45) is 5.84 Å². The van der Waals surface area contributed by atoms with Crippen LogP contribution in [-0.2, 0) is 0 Å². The largest absolute Gasteiger partial charge is 0.354 e. The van der Waals surface area contributed by atoms with Crippen molar-refractivity contribution in [3.8, 4) is 0 Å². The highest BCUT2D eigenvalue weighted by molar-refractivity contribution is 9.11. The summed E-state index contributed by atoms with van der Waals surface area (Å²) in [6.45, 7) is 0. The Morgan fingerprint density at radius 2 is 1.80 bits per heavy atom. The zero-order chi connectivity index (χ0) is 14.7. The van der Waals surface area contributed by atoms with Crippen molar-refractivity contribution in [1.29, 1.82) is 0 Å². The van der Waals surface area contributed by atoms with Gasteiger partial charge in [-0.15, -0.1) is 0 Å². The molecule has 0 bridgehead atoms. The van der Waals surface area contributed by atoms with Gasteiger partial charge in [-0.25, -0.2) is 0 Å². The molecule has 6 nitrogen and oxygen atoms in total. The Labute approximate surface area is 131 Å². The number of nitrogens with zero attached hydrogens (tertiary/aromatic N) is 1. The number of halogens is 2. The lowest BCUT2D eigenvalue weighted by molar-refractivity contribution is -0.384. The second kappa shape index (κ2) is 6.21. The first-order chi connectivity index (χ1) is 9.49. The van der Waals surface area contributed by atoms with Gasteiger partial charge in [-0.3, -0.25) is 16.0 Å². The summed E-state index contributed by atoms with van der Waals surface area (Å²) < 4.78 is 1.76. The molecule has 0 saturated carbocycles. The normalized spacial score (nSPS) is 10.2.